The van der Waals surface area contributed by atoms with Crippen LogP contribution in [0.4, 0.5) is 0 Å². The molecule has 4 heteroatoms. The maximum atomic E-state index is 11.2. The molecule has 1 saturated carbocycles. The van der Waals surface area contributed by atoms with Crippen molar-refractivity contribution in [1.29, 1.82) is 0 Å². The molecule has 1 aliphatic rings. The lowest BCUT2D eigenvalue weighted by molar-refractivity contribution is -0.150. The van der Waals surface area contributed by atoms with Crippen molar-refractivity contribution in [1.82, 2.24) is 0 Å². The third kappa shape index (κ3) is 2.72. The zero-order valence-electron chi connectivity index (χ0n) is 8.41. The van der Waals surface area contributed by atoms with Gasteiger partial charge in [-0.05, 0) is 25.2 Å². The van der Waals surface area contributed by atoms with E-state index in [4.69, 9.17) is 9.84 Å². The maximum Gasteiger partial charge on any atom is 0.306 e. The van der Waals surface area contributed by atoms with Crippen molar-refractivity contribution in [2.45, 2.75) is 39.0 Å². The molecule has 1 fully saturated rings. The summed E-state index contributed by atoms with van der Waals surface area (Å²) < 4.78 is 4.82. The second-order valence-corrected chi connectivity index (χ2v) is 3.91. The highest BCUT2D eigenvalue weighted by molar-refractivity contribution is 5.73. The molecule has 0 spiro atoms. The quantitative estimate of drug-likeness (QED) is 0.684. The lowest BCUT2D eigenvalue weighted by atomic mass is 9.64. The minimum Gasteiger partial charge on any atom is -0.481 e. The summed E-state index contributed by atoms with van der Waals surface area (Å²) in [6.45, 7) is 2.12. The summed E-state index contributed by atoms with van der Waals surface area (Å²) in [4.78, 5) is 21.8. The number of carboxylic acid groups (broad SMARTS) is 1. The number of hydrogen-bond acceptors (Lipinski definition) is 3. The summed E-state index contributed by atoms with van der Waals surface area (Å²) in [7, 11) is 0. The van der Waals surface area contributed by atoms with Crippen LogP contribution in [0.5, 0.6) is 0 Å². The van der Waals surface area contributed by atoms with Gasteiger partial charge in [-0.15, -0.1) is 0 Å². The molecule has 0 aliphatic heterocycles. The largest absolute Gasteiger partial charge is 0.481 e. The van der Waals surface area contributed by atoms with Crippen molar-refractivity contribution in [2.24, 2.45) is 5.41 Å². The van der Waals surface area contributed by atoms with Gasteiger partial charge in [-0.25, -0.2) is 0 Å². The molecule has 1 rings (SSSR count). The third-order valence-corrected chi connectivity index (χ3v) is 2.77. The van der Waals surface area contributed by atoms with E-state index in [1.165, 1.54) is 0 Å². The minimum absolute atomic E-state index is 0.0891. The number of esters is 1. The van der Waals surface area contributed by atoms with E-state index in [1.807, 2.05) is 0 Å². The molecule has 0 amide bonds. The van der Waals surface area contributed by atoms with Crippen LogP contribution in [0, 0.1) is 5.41 Å². The van der Waals surface area contributed by atoms with Crippen molar-refractivity contribution in [3.05, 3.63) is 0 Å². The van der Waals surface area contributed by atoms with Gasteiger partial charge in [0.1, 0.15) is 0 Å². The van der Waals surface area contributed by atoms with Crippen molar-refractivity contribution in [2.75, 3.05) is 6.61 Å². The molecule has 0 bridgehead atoms. The highest BCUT2D eigenvalue weighted by Crippen LogP contribution is 2.47. The van der Waals surface area contributed by atoms with E-state index in [2.05, 4.69) is 0 Å². The molecule has 1 aliphatic carbocycles. The van der Waals surface area contributed by atoms with Crippen LogP contribution >= 0.6 is 0 Å². The van der Waals surface area contributed by atoms with Crippen molar-refractivity contribution in [3.8, 4) is 0 Å². The fraction of sp³-hybridized carbons (Fsp3) is 0.800. The standard InChI is InChI=1S/C10H16O4/c1-2-14-9(13)7-10(4-3-5-10)6-8(11)12/h2-7H2,1H3,(H,11,12). The smallest absolute Gasteiger partial charge is 0.306 e. The molecular weight excluding hydrogens is 184 g/mol. The van der Waals surface area contributed by atoms with Gasteiger partial charge < -0.3 is 9.84 Å². The van der Waals surface area contributed by atoms with Crippen molar-refractivity contribution >= 4 is 11.9 Å². The van der Waals surface area contributed by atoms with E-state index in [9.17, 15) is 9.59 Å². The Morgan fingerprint density at radius 2 is 2.00 bits per heavy atom. The van der Waals surface area contributed by atoms with Crippen molar-refractivity contribution < 1.29 is 19.4 Å². The van der Waals surface area contributed by atoms with Gasteiger partial charge in [-0.3, -0.25) is 9.59 Å². The lowest BCUT2D eigenvalue weighted by Gasteiger charge is -2.39. The zero-order chi connectivity index (χ0) is 10.6. The Labute approximate surface area is 83.2 Å². The van der Waals surface area contributed by atoms with Gasteiger partial charge in [-0.2, -0.15) is 0 Å². The first-order valence-corrected chi connectivity index (χ1v) is 4.95. The summed E-state index contributed by atoms with van der Waals surface area (Å²) in [6.07, 6.45) is 3.03. The fourth-order valence-electron chi connectivity index (χ4n) is 1.93. The van der Waals surface area contributed by atoms with Crippen LogP contribution in [-0.2, 0) is 14.3 Å². The van der Waals surface area contributed by atoms with Gasteiger partial charge in [0.25, 0.3) is 0 Å². The Morgan fingerprint density at radius 3 is 2.36 bits per heavy atom. The minimum atomic E-state index is -0.825. The molecule has 0 aromatic carbocycles. The van der Waals surface area contributed by atoms with E-state index < -0.39 is 5.97 Å². The normalized spacial score (nSPS) is 18.4. The van der Waals surface area contributed by atoms with Gasteiger partial charge in [0.2, 0.25) is 0 Å². The van der Waals surface area contributed by atoms with E-state index >= 15 is 0 Å². The molecule has 0 radical (unpaired) electrons. The van der Waals surface area contributed by atoms with Crippen LogP contribution in [0.3, 0.4) is 0 Å². The van der Waals surface area contributed by atoms with E-state index in [1.54, 1.807) is 6.92 Å². The number of carboxylic acids is 1. The number of carbonyl (C=O) groups is 2. The van der Waals surface area contributed by atoms with Crippen LogP contribution in [-0.4, -0.2) is 23.7 Å². The predicted octanol–water partition coefficient (Wildman–Crippen LogP) is 1.58. The second kappa shape index (κ2) is 4.44. The Morgan fingerprint density at radius 1 is 1.36 bits per heavy atom. The number of hydrogen-bond donors (Lipinski definition) is 1. The average Bonchev–Trinajstić information content (AvgIpc) is 1.99. The molecular formula is C10H16O4. The van der Waals surface area contributed by atoms with Gasteiger partial charge in [0, 0.05) is 0 Å². The monoisotopic (exact) mass is 200 g/mol. The SMILES string of the molecule is CCOC(=O)CC1(CC(=O)O)CCC1. The molecule has 0 atom stereocenters. The molecule has 80 valence electrons. The molecule has 1 N–H and O–H groups in total. The first kappa shape index (κ1) is 11.0. The summed E-state index contributed by atoms with van der Waals surface area (Å²) in [6, 6.07) is 0. The van der Waals surface area contributed by atoms with Crippen LogP contribution in [0.15, 0.2) is 0 Å². The van der Waals surface area contributed by atoms with Gasteiger partial charge in [0.15, 0.2) is 0 Å². The molecule has 0 heterocycles. The summed E-state index contributed by atoms with van der Waals surface area (Å²) in [5.41, 5.74) is -0.307. The van der Waals surface area contributed by atoms with E-state index in [0.717, 1.165) is 19.3 Å². The highest BCUT2D eigenvalue weighted by Gasteiger charge is 2.41. The topological polar surface area (TPSA) is 63.6 Å². The van der Waals surface area contributed by atoms with Gasteiger partial charge >= 0.3 is 11.9 Å². The number of rotatable bonds is 5. The molecule has 0 aromatic heterocycles. The van der Waals surface area contributed by atoms with E-state index in [0.29, 0.717) is 6.61 Å². The van der Waals surface area contributed by atoms with Crippen LogP contribution in [0.1, 0.15) is 39.0 Å². The third-order valence-electron chi connectivity index (χ3n) is 2.77. The zero-order valence-corrected chi connectivity index (χ0v) is 8.41. The number of aliphatic carboxylic acids is 1. The Kier molecular flexibility index (Phi) is 3.49. The molecule has 0 unspecified atom stereocenters. The predicted molar refractivity (Wildman–Crippen MR) is 49.8 cm³/mol. The van der Waals surface area contributed by atoms with E-state index in [-0.39, 0.29) is 24.2 Å². The Bertz CT molecular complexity index is 230. The van der Waals surface area contributed by atoms with Crippen LogP contribution in [0.25, 0.3) is 0 Å². The summed E-state index contributed by atoms with van der Waals surface area (Å²) >= 11 is 0. The fourth-order valence-corrected chi connectivity index (χ4v) is 1.93. The first-order valence-electron chi connectivity index (χ1n) is 4.95. The molecule has 14 heavy (non-hydrogen) atoms. The summed E-state index contributed by atoms with van der Waals surface area (Å²) in [5.74, 6) is -1.09. The van der Waals surface area contributed by atoms with Gasteiger partial charge in [0.05, 0.1) is 19.4 Å². The average molecular weight is 200 g/mol. The first-order chi connectivity index (χ1) is 6.58. The van der Waals surface area contributed by atoms with Crippen LogP contribution < -0.4 is 0 Å². The number of carbonyl (C=O) groups excluding carboxylic acids is 1. The van der Waals surface area contributed by atoms with Crippen molar-refractivity contribution in [3.63, 3.8) is 0 Å². The second-order valence-electron chi connectivity index (χ2n) is 3.91. The van der Waals surface area contributed by atoms with Crippen LogP contribution in [0.2, 0.25) is 0 Å². The molecule has 0 aromatic rings. The Hall–Kier alpha value is -1.06. The Balaban J connectivity index is 2.45. The molecule has 0 saturated heterocycles. The summed E-state index contributed by atoms with van der Waals surface area (Å²) in [5, 5.41) is 8.70. The highest BCUT2D eigenvalue weighted by atomic mass is 16.5. The molecule has 4 nitrogen and oxygen atoms in total. The lowest BCUT2D eigenvalue weighted by Crippen LogP contribution is -2.35. The number of ether oxygens (including phenoxy) is 1. The maximum absolute atomic E-state index is 11.2. The van der Waals surface area contributed by atoms with Gasteiger partial charge in [-0.1, -0.05) is 6.42 Å².